The van der Waals surface area contributed by atoms with Gasteiger partial charge in [-0.1, -0.05) is 0 Å². The number of Topliss-reactive ketones (excluding diaryl/α,β-unsaturated/α-hetero) is 1. The minimum atomic E-state index is -0.935. The standard InChI is InChI=1S/C20H25F2NO5/c1-5-27-18(25)10-17(24)16-8-13(12-6-14(21)9-15(22)7-12)11-23(16)19(26)28-20(2,3)4/h6-7,9,13,16H,5,8,10-11H2,1-4H3. The highest BCUT2D eigenvalue weighted by Gasteiger charge is 2.42. The fraction of sp³-hybridized carbons (Fsp3) is 0.550. The highest BCUT2D eigenvalue weighted by atomic mass is 19.1. The fourth-order valence-electron chi connectivity index (χ4n) is 3.19. The van der Waals surface area contributed by atoms with Crippen LogP contribution in [0.2, 0.25) is 0 Å². The lowest BCUT2D eigenvalue weighted by Gasteiger charge is -2.27. The van der Waals surface area contributed by atoms with Gasteiger partial charge >= 0.3 is 12.1 Å². The Kier molecular flexibility index (Phi) is 6.74. The van der Waals surface area contributed by atoms with Crippen LogP contribution in [0.25, 0.3) is 0 Å². The molecule has 8 heteroatoms. The van der Waals surface area contributed by atoms with Crippen molar-refractivity contribution in [2.24, 2.45) is 0 Å². The Morgan fingerprint density at radius 2 is 1.75 bits per heavy atom. The first kappa shape index (κ1) is 21.8. The normalized spacial score (nSPS) is 19.4. The maximum atomic E-state index is 13.6. The summed E-state index contributed by atoms with van der Waals surface area (Å²) in [4.78, 5) is 38.1. The van der Waals surface area contributed by atoms with Crippen LogP contribution in [0.5, 0.6) is 0 Å². The van der Waals surface area contributed by atoms with E-state index < -0.39 is 53.5 Å². The molecule has 0 N–H and O–H groups in total. The van der Waals surface area contributed by atoms with Crippen molar-refractivity contribution in [2.75, 3.05) is 13.2 Å². The third kappa shape index (κ3) is 5.74. The summed E-state index contributed by atoms with van der Waals surface area (Å²) in [6.45, 7) is 6.88. The summed E-state index contributed by atoms with van der Waals surface area (Å²) < 4.78 is 37.4. The van der Waals surface area contributed by atoms with E-state index in [2.05, 4.69) is 0 Å². The molecule has 0 radical (unpaired) electrons. The Labute approximate surface area is 162 Å². The van der Waals surface area contributed by atoms with Crippen LogP contribution in [0.15, 0.2) is 18.2 Å². The largest absolute Gasteiger partial charge is 0.466 e. The van der Waals surface area contributed by atoms with E-state index in [1.807, 2.05) is 0 Å². The zero-order valence-corrected chi connectivity index (χ0v) is 16.5. The summed E-state index contributed by atoms with van der Waals surface area (Å²) in [5.74, 6) is -3.12. The summed E-state index contributed by atoms with van der Waals surface area (Å²) in [6.07, 6.45) is -1.06. The van der Waals surface area contributed by atoms with Crippen LogP contribution in [0, 0.1) is 11.6 Å². The first-order valence-electron chi connectivity index (χ1n) is 9.14. The number of carbonyl (C=O) groups is 3. The summed E-state index contributed by atoms with van der Waals surface area (Å²) in [6, 6.07) is 2.18. The Morgan fingerprint density at radius 1 is 1.14 bits per heavy atom. The molecular formula is C20H25F2NO5. The van der Waals surface area contributed by atoms with E-state index in [9.17, 15) is 23.2 Å². The van der Waals surface area contributed by atoms with Gasteiger partial charge in [0.1, 0.15) is 23.7 Å². The topological polar surface area (TPSA) is 72.9 Å². The molecule has 154 valence electrons. The third-order valence-corrected chi connectivity index (χ3v) is 4.28. The van der Waals surface area contributed by atoms with E-state index in [1.54, 1.807) is 27.7 Å². The number of amides is 1. The number of carbonyl (C=O) groups excluding carboxylic acids is 3. The lowest BCUT2D eigenvalue weighted by atomic mass is 9.94. The van der Waals surface area contributed by atoms with Crippen LogP contribution >= 0.6 is 0 Å². The van der Waals surface area contributed by atoms with Crippen molar-refractivity contribution >= 4 is 17.8 Å². The molecule has 1 amide bonds. The van der Waals surface area contributed by atoms with Crippen LogP contribution < -0.4 is 0 Å². The molecule has 1 fully saturated rings. The molecule has 6 nitrogen and oxygen atoms in total. The molecule has 2 rings (SSSR count). The molecule has 1 aliphatic rings. The summed E-state index contributed by atoms with van der Waals surface area (Å²) in [5, 5.41) is 0. The number of benzene rings is 1. The van der Waals surface area contributed by atoms with Crippen LogP contribution in [0.4, 0.5) is 13.6 Å². The minimum Gasteiger partial charge on any atom is -0.466 e. The van der Waals surface area contributed by atoms with Crippen LogP contribution in [0.1, 0.15) is 52.0 Å². The van der Waals surface area contributed by atoms with Gasteiger partial charge in [-0.25, -0.2) is 13.6 Å². The second-order valence-electron chi connectivity index (χ2n) is 7.73. The molecule has 0 spiro atoms. The van der Waals surface area contributed by atoms with Crippen LogP contribution in [-0.4, -0.2) is 47.5 Å². The van der Waals surface area contributed by atoms with E-state index in [-0.39, 0.29) is 19.6 Å². The Hall–Kier alpha value is -2.51. The van der Waals surface area contributed by atoms with Gasteiger partial charge < -0.3 is 9.47 Å². The second-order valence-corrected chi connectivity index (χ2v) is 7.73. The SMILES string of the molecule is CCOC(=O)CC(=O)C1CC(c2cc(F)cc(F)c2)CN1C(=O)OC(C)(C)C. The van der Waals surface area contributed by atoms with Crippen molar-refractivity contribution in [3.63, 3.8) is 0 Å². The molecule has 0 aromatic heterocycles. The molecule has 1 aromatic carbocycles. The van der Waals surface area contributed by atoms with Crippen molar-refractivity contribution in [3.8, 4) is 0 Å². The van der Waals surface area contributed by atoms with Gasteiger partial charge in [-0.2, -0.15) is 0 Å². The van der Waals surface area contributed by atoms with Crippen molar-refractivity contribution in [1.29, 1.82) is 0 Å². The summed E-state index contributed by atoms with van der Waals surface area (Å²) in [5.41, 5.74) is -0.438. The zero-order valence-electron chi connectivity index (χ0n) is 16.5. The zero-order chi connectivity index (χ0) is 21.1. The molecule has 28 heavy (non-hydrogen) atoms. The molecule has 1 saturated heterocycles. The number of nitrogens with zero attached hydrogens (tertiary/aromatic N) is 1. The Bertz CT molecular complexity index is 739. The van der Waals surface area contributed by atoms with Crippen molar-refractivity contribution in [2.45, 2.75) is 58.1 Å². The number of hydrogen-bond donors (Lipinski definition) is 0. The highest BCUT2D eigenvalue weighted by Crippen LogP contribution is 2.34. The van der Waals surface area contributed by atoms with E-state index in [1.165, 1.54) is 17.0 Å². The monoisotopic (exact) mass is 397 g/mol. The molecule has 0 bridgehead atoms. The van der Waals surface area contributed by atoms with E-state index in [0.717, 1.165) is 6.07 Å². The lowest BCUT2D eigenvalue weighted by Crippen LogP contribution is -2.44. The van der Waals surface area contributed by atoms with Gasteiger partial charge in [-0.05, 0) is 51.8 Å². The van der Waals surface area contributed by atoms with Crippen LogP contribution in [-0.2, 0) is 19.1 Å². The molecule has 1 aromatic rings. The molecular weight excluding hydrogens is 372 g/mol. The number of likely N-dealkylation sites (tertiary alicyclic amines) is 1. The van der Waals surface area contributed by atoms with Crippen molar-refractivity contribution in [3.05, 3.63) is 35.4 Å². The van der Waals surface area contributed by atoms with E-state index >= 15 is 0 Å². The minimum absolute atomic E-state index is 0.0526. The number of halogens is 2. The summed E-state index contributed by atoms with van der Waals surface area (Å²) >= 11 is 0. The molecule has 2 unspecified atom stereocenters. The predicted octanol–water partition coefficient (Wildman–Crippen LogP) is 3.58. The van der Waals surface area contributed by atoms with Gasteiger partial charge in [-0.15, -0.1) is 0 Å². The fourth-order valence-corrected chi connectivity index (χ4v) is 3.19. The number of ether oxygens (including phenoxy) is 2. The first-order valence-corrected chi connectivity index (χ1v) is 9.14. The van der Waals surface area contributed by atoms with Crippen LogP contribution in [0.3, 0.4) is 0 Å². The van der Waals surface area contributed by atoms with Gasteiger partial charge in [0, 0.05) is 18.5 Å². The number of hydrogen-bond acceptors (Lipinski definition) is 5. The molecule has 0 saturated carbocycles. The second kappa shape index (κ2) is 8.67. The lowest BCUT2D eigenvalue weighted by molar-refractivity contribution is -0.146. The third-order valence-electron chi connectivity index (χ3n) is 4.28. The van der Waals surface area contributed by atoms with Gasteiger partial charge in [-0.3, -0.25) is 14.5 Å². The van der Waals surface area contributed by atoms with Crippen molar-refractivity contribution in [1.82, 2.24) is 4.90 Å². The quantitative estimate of drug-likeness (QED) is 0.561. The average Bonchev–Trinajstić information content (AvgIpc) is 2.98. The molecule has 1 heterocycles. The number of ketones is 1. The van der Waals surface area contributed by atoms with Crippen molar-refractivity contribution < 1.29 is 32.6 Å². The highest BCUT2D eigenvalue weighted by molar-refractivity contribution is 6.00. The van der Waals surface area contributed by atoms with Gasteiger partial charge in [0.15, 0.2) is 5.78 Å². The smallest absolute Gasteiger partial charge is 0.410 e. The first-order chi connectivity index (χ1) is 13.0. The molecule has 1 aliphatic heterocycles. The molecule has 2 atom stereocenters. The van der Waals surface area contributed by atoms with E-state index in [4.69, 9.17) is 9.47 Å². The number of esters is 1. The van der Waals surface area contributed by atoms with Gasteiger partial charge in [0.25, 0.3) is 0 Å². The van der Waals surface area contributed by atoms with Gasteiger partial charge in [0.05, 0.1) is 12.6 Å². The van der Waals surface area contributed by atoms with Gasteiger partial charge in [0.2, 0.25) is 0 Å². The Morgan fingerprint density at radius 3 is 2.29 bits per heavy atom. The predicted molar refractivity (Wildman–Crippen MR) is 96.7 cm³/mol. The Balaban J connectivity index is 2.26. The summed E-state index contributed by atoms with van der Waals surface area (Å²) in [7, 11) is 0. The maximum absolute atomic E-state index is 13.6. The number of rotatable bonds is 5. The average molecular weight is 397 g/mol. The maximum Gasteiger partial charge on any atom is 0.410 e. The molecule has 0 aliphatic carbocycles. The van der Waals surface area contributed by atoms with E-state index in [0.29, 0.717) is 5.56 Å².